The van der Waals surface area contributed by atoms with Crippen LogP contribution in [-0.4, -0.2) is 32.9 Å². The molecule has 0 bridgehead atoms. The first-order valence-corrected chi connectivity index (χ1v) is 9.96. The first-order valence-electron chi connectivity index (χ1n) is 8.10. The van der Waals surface area contributed by atoms with Gasteiger partial charge in [0.15, 0.2) is 6.10 Å². The molecule has 2 N–H and O–H groups in total. The van der Waals surface area contributed by atoms with Crippen molar-refractivity contribution in [2.75, 3.05) is 11.3 Å². The zero-order chi connectivity index (χ0) is 20.0. The fourth-order valence-electron chi connectivity index (χ4n) is 2.16. The summed E-state index contributed by atoms with van der Waals surface area (Å²) in [6.45, 7) is 3.58. The SMILES string of the molecule is CCNC(=O)[C@@H](C)OC(=O)c1cccc(S(=O)(=O)Nc2cccc(Cl)c2)c1. The van der Waals surface area contributed by atoms with Crippen LogP contribution >= 0.6 is 11.6 Å². The largest absolute Gasteiger partial charge is 0.449 e. The highest BCUT2D eigenvalue weighted by Crippen LogP contribution is 2.20. The number of ether oxygens (including phenoxy) is 1. The number of likely N-dealkylation sites (N-methyl/N-ethyl adjacent to an activating group) is 1. The molecule has 0 fully saturated rings. The Labute approximate surface area is 162 Å². The van der Waals surface area contributed by atoms with E-state index >= 15 is 0 Å². The third kappa shape index (κ3) is 5.70. The molecule has 0 aromatic heterocycles. The highest BCUT2D eigenvalue weighted by atomic mass is 35.5. The molecule has 1 atom stereocenters. The molecule has 144 valence electrons. The maximum absolute atomic E-state index is 12.5. The van der Waals surface area contributed by atoms with Gasteiger partial charge in [-0.2, -0.15) is 0 Å². The Morgan fingerprint density at radius 2 is 1.85 bits per heavy atom. The van der Waals surface area contributed by atoms with Crippen molar-refractivity contribution >= 4 is 39.2 Å². The molecule has 27 heavy (non-hydrogen) atoms. The quantitative estimate of drug-likeness (QED) is 0.683. The van der Waals surface area contributed by atoms with E-state index in [-0.39, 0.29) is 10.5 Å². The summed E-state index contributed by atoms with van der Waals surface area (Å²) in [5.41, 5.74) is 0.306. The van der Waals surface area contributed by atoms with Gasteiger partial charge >= 0.3 is 5.97 Å². The minimum absolute atomic E-state index is 0.0140. The Morgan fingerprint density at radius 3 is 2.52 bits per heavy atom. The van der Waals surface area contributed by atoms with E-state index < -0.39 is 28.0 Å². The van der Waals surface area contributed by atoms with Gasteiger partial charge in [-0.3, -0.25) is 9.52 Å². The molecular formula is C18H19ClN2O5S. The van der Waals surface area contributed by atoms with Crippen LogP contribution in [0.3, 0.4) is 0 Å². The lowest BCUT2D eigenvalue weighted by Crippen LogP contribution is -2.35. The van der Waals surface area contributed by atoms with Gasteiger partial charge in [0.1, 0.15) is 0 Å². The highest BCUT2D eigenvalue weighted by Gasteiger charge is 2.21. The van der Waals surface area contributed by atoms with Gasteiger partial charge in [-0.1, -0.05) is 23.7 Å². The van der Waals surface area contributed by atoms with E-state index in [2.05, 4.69) is 10.0 Å². The Balaban J connectivity index is 2.18. The molecule has 1 amide bonds. The van der Waals surface area contributed by atoms with Crippen molar-refractivity contribution < 1.29 is 22.7 Å². The fraction of sp³-hybridized carbons (Fsp3) is 0.222. The molecule has 9 heteroatoms. The van der Waals surface area contributed by atoms with Gasteiger partial charge < -0.3 is 10.1 Å². The highest BCUT2D eigenvalue weighted by molar-refractivity contribution is 7.92. The molecule has 0 aliphatic carbocycles. The van der Waals surface area contributed by atoms with E-state index in [1.807, 2.05) is 0 Å². The molecule has 7 nitrogen and oxygen atoms in total. The van der Waals surface area contributed by atoms with Crippen LogP contribution in [0.15, 0.2) is 53.4 Å². The third-order valence-electron chi connectivity index (χ3n) is 3.46. The fourth-order valence-corrected chi connectivity index (χ4v) is 3.44. The van der Waals surface area contributed by atoms with Crippen molar-refractivity contribution in [3.63, 3.8) is 0 Å². The van der Waals surface area contributed by atoms with E-state index in [9.17, 15) is 18.0 Å². The number of benzene rings is 2. The van der Waals surface area contributed by atoms with Crippen LogP contribution in [0.1, 0.15) is 24.2 Å². The summed E-state index contributed by atoms with van der Waals surface area (Å²) in [7, 11) is -3.94. The zero-order valence-electron chi connectivity index (χ0n) is 14.7. The summed E-state index contributed by atoms with van der Waals surface area (Å²) < 4.78 is 32.5. The van der Waals surface area contributed by atoms with Crippen LogP contribution in [-0.2, 0) is 19.6 Å². The molecule has 2 aromatic carbocycles. The van der Waals surface area contributed by atoms with Crippen molar-refractivity contribution in [2.45, 2.75) is 24.8 Å². The van der Waals surface area contributed by atoms with Crippen LogP contribution in [0, 0.1) is 0 Å². The van der Waals surface area contributed by atoms with Gasteiger partial charge in [0, 0.05) is 11.6 Å². The molecule has 0 spiro atoms. The van der Waals surface area contributed by atoms with Gasteiger partial charge in [-0.25, -0.2) is 13.2 Å². The van der Waals surface area contributed by atoms with Gasteiger partial charge in [0.05, 0.1) is 16.1 Å². The van der Waals surface area contributed by atoms with Crippen molar-refractivity contribution in [1.82, 2.24) is 5.32 Å². The second-order valence-corrected chi connectivity index (χ2v) is 7.70. The number of anilines is 1. The molecule has 0 heterocycles. The van der Waals surface area contributed by atoms with Gasteiger partial charge in [-0.05, 0) is 50.2 Å². The number of hydrogen-bond donors (Lipinski definition) is 2. The summed E-state index contributed by atoms with van der Waals surface area (Å²) in [5.74, 6) is -1.23. The number of hydrogen-bond acceptors (Lipinski definition) is 5. The minimum Gasteiger partial charge on any atom is -0.449 e. The maximum atomic E-state index is 12.5. The zero-order valence-corrected chi connectivity index (χ0v) is 16.3. The molecule has 0 aliphatic rings. The summed E-state index contributed by atoms with van der Waals surface area (Å²) in [4.78, 5) is 23.8. The van der Waals surface area contributed by atoms with Crippen LogP contribution < -0.4 is 10.0 Å². The Morgan fingerprint density at radius 1 is 1.15 bits per heavy atom. The van der Waals surface area contributed by atoms with Crippen LogP contribution in [0.2, 0.25) is 5.02 Å². The molecule has 0 radical (unpaired) electrons. The first kappa shape index (κ1) is 20.7. The van der Waals surface area contributed by atoms with Crippen molar-refractivity contribution in [3.8, 4) is 0 Å². The molecule has 0 unspecified atom stereocenters. The lowest BCUT2D eigenvalue weighted by Gasteiger charge is -2.13. The molecule has 2 aromatic rings. The summed E-state index contributed by atoms with van der Waals surface area (Å²) in [6, 6.07) is 11.6. The van der Waals surface area contributed by atoms with E-state index in [1.165, 1.54) is 37.3 Å². The van der Waals surface area contributed by atoms with Crippen molar-refractivity contribution in [1.29, 1.82) is 0 Å². The maximum Gasteiger partial charge on any atom is 0.338 e. The Hall–Kier alpha value is -2.58. The molecule has 0 saturated heterocycles. The predicted molar refractivity (Wildman–Crippen MR) is 102 cm³/mol. The van der Waals surface area contributed by atoms with Gasteiger partial charge in [0.2, 0.25) is 0 Å². The number of nitrogens with one attached hydrogen (secondary N) is 2. The molecular weight excluding hydrogens is 392 g/mol. The number of halogens is 1. The average Bonchev–Trinajstić information content (AvgIpc) is 2.61. The number of carbonyl (C=O) groups excluding carboxylic acids is 2. The van der Waals surface area contributed by atoms with E-state index in [4.69, 9.17) is 16.3 Å². The Kier molecular flexibility index (Phi) is 6.81. The topological polar surface area (TPSA) is 102 Å². The second-order valence-electron chi connectivity index (χ2n) is 5.59. The van der Waals surface area contributed by atoms with Crippen LogP contribution in [0.4, 0.5) is 5.69 Å². The normalized spacial score (nSPS) is 12.1. The number of rotatable bonds is 7. The summed E-state index contributed by atoms with van der Waals surface area (Å²) in [5, 5.41) is 2.92. The molecule has 2 rings (SSSR count). The minimum atomic E-state index is -3.94. The number of esters is 1. The third-order valence-corrected chi connectivity index (χ3v) is 5.07. The van der Waals surface area contributed by atoms with Crippen molar-refractivity contribution in [2.24, 2.45) is 0 Å². The predicted octanol–water partition coefficient (Wildman–Crippen LogP) is 2.82. The Bertz CT molecular complexity index is 946. The van der Waals surface area contributed by atoms with E-state index in [1.54, 1.807) is 25.1 Å². The average molecular weight is 411 g/mol. The second kappa shape index (κ2) is 8.88. The molecule has 0 saturated carbocycles. The van der Waals surface area contributed by atoms with E-state index in [0.29, 0.717) is 17.3 Å². The molecule has 0 aliphatic heterocycles. The van der Waals surface area contributed by atoms with E-state index in [0.717, 1.165) is 0 Å². The monoisotopic (exact) mass is 410 g/mol. The lowest BCUT2D eigenvalue weighted by atomic mass is 10.2. The van der Waals surface area contributed by atoms with Crippen LogP contribution in [0.25, 0.3) is 0 Å². The van der Waals surface area contributed by atoms with Crippen LogP contribution in [0.5, 0.6) is 0 Å². The summed E-state index contributed by atoms with van der Waals surface area (Å²) >= 11 is 5.85. The number of amides is 1. The standard InChI is InChI=1S/C18H19ClN2O5S/c1-3-20-17(22)12(2)26-18(23)13-6-4-9-16(10-13)27(24,25)21-15-8-5-7-14(19)11-15/h4-12,21H,3H2,1-2H3,(H,20,22)/t12-/m1/s1. The first-order chi connectivity index (χ1) is 12.7. The number of sulfonamides is 1. The smallest absolute Gasteiger partial charge is 0.338 e. The van der Waals surface area contributed by atoms with Gasteiger partial charge in [0.25, 0.3) is 15.9 Å². The lowest BCUT2D eigenvalue weighted by molar-refractivity contribution is -0.128. The van der Waals surface area contributed by atoms with Gasteiger partial charge in [-0.15, -0.1) is 0 Å². The number of carbonyl (C=O) groups is 2. The van der Waals surface area contributed by atoms with Crippen molar-refractivity contribution in [3.05, 3.63) is 59.1 Å². The summed E-state index contributed by atoms with van der Waals surface area (Å²) in [6.07, 6.45) is -0.998.